The minimum Gasteiger partial charge on any atom is -0.455 e. The van der Waals surface area contributed by atoms with Crippen molar-refractivity contribution in [2.45, 2.75) is 0 Å². The molecule has 0 spiro atoms. The van der Waals surface area contributed by atoms with Crippen LogP contribution in [0.25, 0.3) is 74.8 Å². The molecular formula is C44H27NOS. The van der Waals surface area contributed by atoms with Crippen LogP contribution in [0.1, 0.15) is 0 Å². The van der Waals surface area contributed by atoms with E-state index >= 15 is 0 Å². The van der Waals surface area contributed by atoms with Crippen LogP contribution >= 0.6 is 11.3 Å². The number of hydrogen-bond acceptors (Lipinski definition) is 3. The predicted molar refractivity (Wildman–Crippen MR) is 202 cm³/mol. The Balaban J connectivity index is 1.20. The van der Waals surface area contributed by atoms with E-state index in [1.165, 1.54) is 47.3 Å². The van der Waals surface area contributed by atoms with Gasteiger partial charge in [0.15, 0.2) is 0 Å². The third-order valence-corrected chi connectivity index (χ3v) is 10.6. The fourth-order valence-electron chi connectivity index (χ4n) is 7.25. The summed E-state index contributed by atoms with van der Waals surface area (Å²) in [6.45, 7) is 0. The van der Waals surface area contributed by atoms with Crippen LogP contribution in [0.5, 0.6) is 0 Å². The van der Waals surface area contributed by atoms with E-state index in [-0.39, 0.29) is 0 Å². The van der Waals surface area contributed by atoms with E-state index in [2.05, 4.69) is 163 Å². The Labute approximate surface area is 275 Å². The molecule has 0 atom stereocenters. The second kappa shape index (κ2) is 10.3. The van der Waals surface area contributed by atoms with Crippen molar-refractivity contribution < 1.29 is 4.42 Å². The van der Waals surface area contributed by atoms with E-state index in [1.807, 2.05) is 17.4 Å². The van der Waals surface area contributed by atoms with Gasteiger partial charge in [0, 0.05) is 59.0 Å². The lowest BCUT2D eigenvalue weighted by atomic mass is 9.94. The van der Waals surface area contributed by atoms with E-state index in [4.69, 9.17) is 4.42 Å². The molecule has 0 bridgehead atoms. The molecule has 3 heteroatoms. The van der Waals surface area contributed by atoms with Gasteiger partial charge in [0.2, 0.25) is 0 Å². The standard InChI is InChI=1S/C44H27NOS/c1-2-13-30(14-3-1)45(31-22-21-28-11-4-5-12-29(28)25-31)32-23-24-35-40-27-39(33-15-6-7-17-38(33)44(40)47-42(35)26-32)37-19-10-18-36-34-16-8-9-20-41(34)46-43(36)37/h1-27H. The van der Waals surface area contributed by atoms with Crippen LogP contribution in [-0.2, 0) is 0 Å². The minimum atomic E-state index is 0.920. The molecule has 0 radical (unpaired) electrons. The van der Waals surface area contributed by atoms with E-state index in [9.17, 15) is 0 Å². The summed E-state index contributed by atoms with van der Waals surface area (Å²) >= 11 is 1.88. The largest absolute Gasteiger partial charge is 0.455 e. The number of benzene rings is 8. The normalized spacial score (nSPS) is 11.8. The molecule has 0 saturated heterocycles. The Morgan fingerprint density at radius 1 is 0.404 bits per heavy atom. The number of para-hydroxylation sites is 3. The molecule has 0 saturated carbocycles. The Kier molecular flexibility index (Phi) is 5.78. The molecule has 10 rings (SSSR count). The fourth-order valence-corrected chi connectivity index (χ4v) is 8.50. The molecule has 0 aliphatic rings. The van der Waals surface area contributed by atoms with Gasteiger partial charge in [-0.2, -0.15) is 0 Å². The highest BCUT2D eigenvalue weighted by Crippen LogP contribution is 2.47. The molecule has 0 amide bonds. The van der Waals surface area contributed by atoms with Gasteiger partial charge in [0.25, 0.3) is 0 Å². The van der Waals surface area contributed by atoms with Gasteiger partial charge in [0.1, 0.15) is 11.2 Å². The molecule has 2 aromatic heterocycles. The lowest BCUT2D eigenvalue weighted by molar-refractivity contribution is 0.670. The number of rotatable bonds is 4. The lowest BCUT2D eigenvalue weighted by Gasteiger charge is -2.26. The Hall–Kier alpha value is -5.90. The summed E-state index contributed by atoms with van der Waals surface area (Å²) in [7, 11) is 0. The van der Waals surface area contributed by atoms with E-state index < -0.39 is 0 Å². The molecule has 0 N–H and O–H groups in total. The summed E-state index contributed by atoms with van der Waals surface area (Å²) in [6, 6.07) is 58.9. The maximum absolute atomic E-state index is 6.52. The predicted octanol–water partition coefficient (Wildman–Crippen LogP) is 13.4. The van der Waals surface area contributed by atoms with Crippen LogP contribution in [0.15, 0.2) is 168 Å². The number of hydrogen-bond donors (Lipinski definition) is 0. The maximum atomic E-state index is 6.52. The summed E-state index contributed by atoms with van der Waals surface area (Å²) in [5.74, 6) is 0. The minimum absolute atomic E-state index is 0.920. The van der Waals surface area contributed by atoms with Crippen molar-refractivity contribution in [2.75, 3.05) is 4.90 Å². The molecule has 47 heavy (non-hydrogen) atoms. The van der Waals surface area contributed by atoms with E-state index in [0.29, 0.717) is 0 Å². The van der Waals surface area contributed by atoms with Crippen molar-refractivity contribution in [3.63, 3.8) is 0 Å². The SMILES string of the molecule is c1ccc(N(c2ccc3ccccc3c2)c2ccc3c(c2)sc2c4ccccc4c(-c4cccc5c4oc4ccccc45)cc32)cc1. The Morgan fingerprint density at radius 3 is 2.00 bits per heavy atom. The van der Waals surface area contributed by atoms with Gasteiger partial charge in [-0.3, -0.25) is 0 Å². The number of thiophene rings is 1. The van der Waals surface area contributed by atoms with Crippen LogP contribution < -0.4 is 4.90 Å². The van der Waals surface area contributed by atoms with Crippen LogP contribution in [0.4, 0.5) is 17.1 Å². The van der Waals surface area contributed by atoms with E-state index in [1.54, 1.807) is 0 Å². The zero-order chi connectivity index (χ0) is 30.9. The van der Waals surface area contributed by atoms with Gasteiger partial charge < -0.3 is 9.32 Å². The summed E-state index contributed by atoms with van der Waals surface area (Å²) in [4.78, 5) is 2.36. The molecule has 10 aromatic rings. The molecule has 0 aliphatic heterocycles. The second-order valence-corrected chi connectivity index (χ2v) is 13.2. The summed E-state index contributed by atoms with van der Waals surface area (Å²) in [5.41, 5.74) is 7.60. The highest BCUT2D eigenvalue weighted by atomic mass is 32.1. The van der Waals surface area contributed by atoms with E-state index in [0.717, 1.165) is 44.6 Å². The average Bonchev–Trinajstić information content (AvgIpc) is 3.70. The molecule has 8 aromatic carbocycles. The third-order valence-electron chi connectivity index (χ3n) is 9.42. The second-order valence-electron chi connectivity index (χ2n) is 12.1. The highest BCUT2D eigenvalue weighted by molar-refractivity contribution is 7.26. The van der Waals surface area contributed by atoms with Crippen molar-refractivity contribution in [1.29, 1.82) is 0 Å². The molecular weight excluding hydrogens is 591 g/mol. The quantitative estimate of drug-likeness (QED) is 0.195. The topological polar surface area (TPSA) is 16.4 Å². The third kappa shape index (κ3) is 4.10. The van der Waals surface area contributed by atoms with Crippen molar-refractivity contribution in [1.82, 2.24) is 0 Å². The molecule has 0 aliphatic carbocycles. The lowest BCUT2D eigenvalue weighted by Crippen LogP contribution is -2.09. The monoisotopic (exact) mass is 617 g/mol. The first-order valence-electron chi connectivity index (χ1n) is 15.9. The number of furan rings is 1. The molecule has 0 fully saturated rings. The molecule has 220 valence electrons. The summed E-state index contributed by atoms with van der Waals surface area (Å²) in [5, 5.41) is 9.82. The van der Waals surface area contributed by atoms with Crippen molar-refractivity contribution in [2.24, 2.45) is 0 Å². The van der Waals surface area contributed by atoms with Crippen molar-refractivity contribution in [3.05, 3.63) is 164 Å². The van der Waals surface area contributed by atoms with Gasteiger partial charge in [0.05, 0.1) is 0 Å². The molecule has 2 nitrogen and oxygen atoms in total. The first-order chi connectivity index (χ1) is 23.3. The van der Waals surface area contributed by atoms with Gasteiger partial charge >= 0.3 is 0 Å². The molecule has 2 heterocycles. The smallest absolute Gasteiger partial charge is 0.143 e. The maximum Gasteiger partial charge on any atom is 0.143 e. The fraction of sp³-hybridized carbons (Fsp3) is 0. The molecule has 0 unspecified atom stereocenters. The van der Waals surface area contributed by atoms with Crippen LogP contribution in [0, 0.1) is 0 Å². The first kappa shape index (κ1) is 26.3. The number of fused-ring (bicyclic) bond motifs is 9. The van der Waals surface area contributed by atoms with Crippen molar-refractivity contribution in [3.8, 4) is 11.1 Å². The zero-order valence-electron chi connectivity index (χ0n) is 25.4. The van der Waals surface area contributed by atoms with Gasteiger partial charge in [-0.25, -0.2) is 0 Å². The van der Waals surface area contributed by atoms with Crippen LogP contribution in [0.3, 0.4) is 0 Å². The first-order valence-corrected chi connectivity index (χ1v) is 16.7. The van der Waals surface area contributed by atoms with Gasteiger partial charge in [-0.05, 0) is 70.3 Å². The Bertz CT molecular complexity index is 2810. The Morgan fingerprint density at radius 2 is 1.11 bits per heavy atom. The van der Waals surface area contributed by atoms with Crippen LogP contribution in [0.2, 0.25) is 0 Å². The zero-order valence-corrected chi connectivity index (χ0v) is 26.2. The van der Waals surface area contributed by atoms with Gasteiger partial charge in [-0.1, -0.05) is 115 Å². The number of nitrogens with zero attached hydrogens (tertiary/aromatic N) is 1. The van der Waals surface area contributed by atoms with Gasteiger partial charge in [-0.15, -0.1) is 11.3 Å². The van der Waals surface area contributed by atoms with Crippen LogP contribution in [-0.4, -0.2) is 0 Å². The van der Waals surface area contributed by atoms with Crippen molar-refractivity contribution >= 4 is 92.1 Å². The summed E-state index contributed by atoms with van der Waals surface area (Å²) < 4.78 is 9.10. The summed E-state index contributed by atoms with van der Waals surface area (Å²) in [6.07, 6.45) is 0. The highest BCUT2D eigenvalue weighted by Gasteiger charge is 2.19. The number of anilines is 3. The average molecular weight is 618 g/mol.